The summed E-state index contributed by atoms with van der Waals surface area (Å²) in [5, 5.41) is 3.58. The van der Waals surface area contributed by atoms with Gasteiger partial charge in [-0.15, -0.1) is 0 Å². The standard InChI is InChI=1S/C15H20N4O/c1-3-12-4-6-14(7-5-12)11(2)19-10-13(8-15(19)20)9-17-18-16/h4-7,11,13H,3,8-10H2,1-2H3. The molecule has 0 N–H and O–H groups in total. The molecule has 1 aliphatic rings. The molecule has 0 aliphatic carbocycles. The van der Waals surface area contributed by atoms with Crippen molar-refractivity contribution in [2.45, 2.75) is 32.7 Å². The zero-order valence-corrected chi connectivity index (χ0v) is 12.0. The van der Waals surface area contributed by atoms with Crippen molar-refractivity contribution in [1.82, 2.24) is 4.90 Å². The number of benzene rings is 1. The van der Waals surface area contributed by atoms with Crippen LogP contribution in [0, 0.1) is 5.92 Å². The quantitative estimate of drug-likeness (QED) is 0.459. The lowest BCUT2D eigenvalue weighted by molar-refractivity contribution is -0.129. The molecule has 1 fully saturated rings. The minimum atomic E-state index is 0.0736. The smallest absolute Gasteiger partial charge is 0.223 e. The van der Waals surface area contributed by atoms with Crippen LogP contribution in [0.1, 0.15) is 37.4 Å². The van der Waals surface area contributed by atoms with Crippen LogP contribution in [0.5, 0.6) is 0 Å². The summed E-state index contributed by atoms with van der Waals surface area (Å²) >= 11 is 0. The van der Waals surface area contributed by atoms with Gasteiger partial charge < -0.3 is 4.90 Å². The largest absolute Gasteiger partial charge is 0.336 e. The Morgan fingerprint density at radius 2 is 2.15 bits per heavy atom. The van der Waals surface area contributed by atoms with Gasteiger partial charge in [-0.05, 0) is 35.9 Å². The molecule has 0 saturated carbocycles. The predicted octanol–water partition coefficient (Wildman–Crippen LogP) is 3.47. The van der Waals surface area contributed by atoms with E-state index in [-0.39, 0.29) is 17.9 Å². The molecule has 0 bridgehead atoms. The third-order valence-electron chi connectivity index (χ3n) is 3.98. The Labute approximate surface area is 119 Å². The summed E-state index contributed by atoms with van der Waals surface area (Å²) < 4.78 is 0. The van der Waals surface area contributed by atoms with Crippen molar-refractivity contribution in [3.05, 3.63) is 45.8 Å². The van der Waals surface area contributed by atoms with E-state index < -0.39 is 0 Å². The summed E-state index contributed by atoms with van der Waals surface area (Å²) in [6.07, 6.45) is 1.50. The van der Waals surface area contributed by atoms with Crippen LogP contribution < -0.4 is 0 Å². The Hall–Kier alpha value is -2.00. The van der Waals surface area contributed by atoms with Gasteiger partial charge in [0, 0.05) is 24.4 Å². The average molecular weight is 272 g/mol. The molecule has 0 radical (unpaired) electrons. The van der Waals surface area contributed by atoms with Gasteiger partial charge in [-0.3, -0.25) is 4.79 Å². The van der Waals surface area contributed by atoms with Crippen LogP contribution in [-0.2, 0) is 11.2 Å². The Morgan fingerprint density at radius 3 is 2.75 bits per heavy atom. The molecule has 2 unspecified atom stereocenters. The van der Waals surface area contributed by atoms with Crippen molar-refractivity contribution < 1.29 is 4.79 Å². The lowest BCUT2D eigenvalue weighted by atomic mass is 10.0. The molecule has 2 atom stereocenters. The Bertz CT molecular complexity index is 519. The van der Waals surface area contributed by atoms with Crippen molar-refractivity contribution in [1.29, 1.82) is 0 Å². The van der Waals surface area contributed by atoms with E-state index in [0.717, 1.165) is 12.0 Å². The first-order chi connectivity index (χ1) is 9.65. The van der Waals surface area contributed by atoms with Crippen molar-refractivity contribution in [2.75, 3.05) is 13.1 Å². The van der Waals surface area contributed by atoms with Gasteiger partial charge in [0.15, 0.2) is 0 Å². The van der Waals surface area contributed by atoms with Gasteiger partial charge in [0.2, 0.25) is 5.91 Å². The van der Waals surface area contributed by atoms with Crippen LogP contribution in [0.25, 0.3) is 10.4 Å². The summed E-state index contributed by atoms with van der Waals surface area (Å²) in [5.41, 5.74) is 10.8. The van der Waals surface area contributed by atoms with E-state index >= 15 is 0 Å². The molecular formula is C15H20N4O. The second kappa shape index (κ2) is 6.44. The van der Waals surface area contributed by atoms with Gasteiger partial charge in [0.05, 0.1) is 6.04 Å². The number of rotatable bonds is 5. The highest BCUT2D eigenvalue weighted by Crippen LogP contribution is 2.28. The molecule has 1 heterocycles. The third kappa shape index (κ3) is 3.11. The number of likely N-dealkylation sites (tertiary alicyclic amines) is 1. The normalized spacial score (nSPS) is 19.8. The molecule has 5 heteroatoms. The number of carbonyl (C=O) groups is 1. The van der Waals surface area contributed by atoms with E-state index in [1.807, 2.05) is 4.90 Å². The highest BCUT2D eigenvalue weighted by molar-refractivity contribution is 5.79. The third-order valence-corrected chi connectivity index (χ3v) is 3.98. The molecule has 1 saturated heterocycles. The van der Waals surface area contributed by atoms with E-state index in [9.17, 15) is 4.79 Å². The number of hydrogen-bond donors (Lipinski definition) is 0. The zero-order valence-electron chi connectivity index (χ0n) is 12.0. The second-order valence-corrected chi connectivity index (χ2v) is 5.30. The van der Waals surface area contributed by atoms with Gasteiger partial charge in [0.1, 0.15) is 0 Å². The molecule has 1 amide bonds. The van der Waals surface area contributed by atoms with Crippen LogP contribution >= 0.6 is 0 Å². The first-order valence-electron chi connectivity index (χ1n) is 7.04. The van der Waals surface area contributed by atoms with Gasteiger partial charge in [-0.25, -0.2) is 0 Å². The molecule has 106 valence electrons. The molecule has 20 heavy (non-hydrogen) atoms. The maximum Gasteiger partial charge on any atom is 0.223 e. The predicted molar refractivity (Wildman–Crippen MR) is 78.1 cm³/mol. The maximum atomic E-state index is 12.1. The van der Waals surface area contributed by atoms with Gasteiger partial charge in [-0.1, -0.05) is 36.3 Å². The topological polar surface area (TPSA) is 69.1 Å². The lowest BCUT2D eigenvalue weighted by Crippen LogP contribution is -2.28. The maximum absolute atomic E-state index is 12.1. The molecule has 5 nitrogen and oxygen atoms in total. The Kier molecular flexibility index (Phi) is 4.64. The molecule has 1 aromatic rings. The van der Waals surface area contributed by atoms with Crippen LogP contribution in [0.3, 0.4) is 0 Å². The number of hydrogen-bond acceptors (Lipinski definition) is 2. The minimum absolute atomic E-state index is 0.0736. The van der Waals surface area contributed by atoms with E-state index in [4.69, 9.17) is 5.53 Å². The van der Waals surface area contributed by atoms with Crippen LogP contribution in [0.2, 0.25) is 0 Å². The fraction of sp³-hybridized carbons (Fsp3) is 0.533. The molecule has 1 aromatic carbocycles. The van der Waals surface area contributed by atoms with Gasteiger partial charge in [0.25, 0.3) is 0 Å². The van der Waals surface area contributed by atoms with Crippen molar-refractivity contribution in [3.8, 4) is 0 Å². The number of carbonyl (C=O) groups excluding carboxylic acids is 1. The van der Waals surface area contributed by atoms with Crippen LogP contribution in [0.15, 0.2) is 29.4 Å². The molecule has 1 aliphatic heterocycles. The second-order valence-electron chi connectivity index (χ2n) is 5.30. The van der Waals surface area contributed by atoms with Gasteiger partial charge in [-0.2, -0.15) is 0 Å². The first-order valence-corrected chi connectivity index (χ1v) is 7.04. The summed E-state index contributed by atoms with van der Waals surface area (Å²) in [4.78, 5) is 16.7. The number of nitrogens with zero attached hydrogens (tertiary/aromatic N) is 4. The molecular weight excluding hydrogens is 252 g/mol. The van der Waals surface area contributed by atoms with Crippen LogP contribution in [-0.4, -0.2) is 23.9 Å². The number of amides is 1. The highest BCUT2D eigenvalue weighted by atomic mass is 16.2. The fourth-order valence-corrected chi connectivity index (χ4v) is 2.67. The highest BCUT2D eigenvalue weighted by Gasteiger charge is 2.32. The van der Waals surface area contributed by atoms with E-state index in [0.29, 0.717) is 19.5 Å². The summed E-state index contributed by atoms with van der Waals surface area (Å²) in [7, 11) is 0. The van der Waals surface area contributed by atoms with E-state index in [1.165, 1.54) is 5.56 Å². The summed E-state index contributed by atoms with van der Waals surface area (Å²) in [6.45, 7) is 5.26. The van der Waals surface area contributed by atoms with E-state index in [1.54, 1.807) is 0 Å². The fourth-order valence-electron chi connectivity index (χ4n) is 2.67. The zero-order chi connectivity index (χ0) is 14.5. The molecule has 0 aromatic heterocycles. The Balaban J connectivity index is 2.06. The molecule has 0 spiro atoms. The summed E-state index contributed by atoms with van der Waals surface area (Å²) in [6, 6.07) is 8.49. The Morgan fingerprint density at radius 1 is 1.45 bits per heavy atom. The summed E-state index contributed by atoms with van der Waals surface area (Å²) in [5.74, 6) is 0.297. The number of azide groups is 1. The monoisotopic (exact) mass is 272 g/mol. The lowest BCUT2D eigenvalue weighted by Gasteiger charge is -2.25. The van der Waals surface area contributed by atoms with Crippen molar-refractivity contribution in [2.24, 2.45) is 11.0 Å². The van der Waals surface area contributed by atoms with E-state index in [2.05, 4.69) is 48.1 Å². The average Bonchev–Trinajstić information content (AvgIpc) is 2.85. The van der Waals surface area contributed by atoms with Crippen LogP contribution in [0.4, 0.5) is 0 Å². The first kappa shape index (κ1) is 14.4. The SMILES string of the molecule is CCc1ccc(C(C)N2CC(CN=[N+]=[N-])CC2=O)cc1. The van der Waals surface area contributed by atoms with Gasteiger partial charge >= 0.3 is 0 Å². The van der Waals surface area contributed by atoms with Crippen molar-refractivity contribution >= 4 is 5.91 Å². The number of aryl methyl sites for hydroxylation is 1. The molecule has 2 rings (SSSR count). The minimum Gasteiger partial charge on any atom is -0.336 e. The van der Waals surface area contributed by atoms with Crippen molar-refractivity contribution in [3.63, 3.8) is 0 Å².